The van der Waals surface area contributed by atoms with Crippen LogP contribution < -0.4 is 0 Å². The van der Waals surface area contributed by atoms with E-state index in [1.807, 2.05) is 6.92 Å². The Hall–Kier alpha value is -1.88. The summed E-state index contributed by atoms with van der Waals surface area (Å²) >= 11 is 0. The second-order valence-electron chi connectivity index (χ2n) is 1.89. The Morgan fingerprint density at radius 2 is 2.25 bits per heavy atom. The minimum absolute atomic E-state index is 0.109. The lowest BCUT2D eigenvalue weighted by atomic mass is 10.5. The van der Waals surface area contributed by atoms with Crippen LogP contribution in [-0.4, -0.2) is 20.1 Å². The van der Waals surface area contributed by atoms with Gasteiger partial charge in [-0.1, -0.05) is 6.92 Å². The van der Waals surface area contributed by atoms with Gasteiger partial charge in [-0.05, 0) is 10.6 Å². The Morgan fingerprint density at radius 1 is 1.50 bits per heavy atom. The maximum atomic E-state index is 8.91. The second kappa shape index (κ2) is 3.49. The Morgan fingerprint density at radius 3 is 2.83 bits per heavy atom. The number of hydrogen-bond donors (Lipinski definition) is 1. The van der Waals surface area contributed by atoms with Crippen molar-refractivity contribution >= 4 is 5.95 Å². The topological polar surface area (TPSA) is 108 Å². The van der Waals surface area contributed by atoms with Crippen LogP contribution >= 0.6 is 0 Å². The van der Waals surface area contributed by atoms with E-state index in [-0.39, 0.29) is 5.95 Å². The molecular formula is C5H6N6O. The van der Waals surface area contributed by atoms with Crippen molar-refractivity contribution in [3.05, 3.63) is 16.3 Å². The standard InChI is InChI=1S/C5H6N6O/c1-2-3-7-4(10-11-6)9-5(12)8-3/h2H2,1H3,(H,7,8,9,12). The van der Waals surface area contributed by atoms with E-state index in [4.69, 9.17) is 10.6 Å². The molecule has 62 valence electrons. The molecule has 1 rings (SSSR count). The van der Waals surface area contributed by atoms with Crippen LogP contribution in [0.4, 0.5) is 5.95 Å². The molecule has 12 heavy (non-hydrogen) atoms. The average molecular weight is 166 g/mol. The summed E-state index contributed by atoms with van der Waals surface area (Å²) in [5, 5.41) is 12.0. The van der Waals surface area contributed by atoms with Crippen molar-refractivity contribution in [3.63, 3.8) is 0 Å². The zero-order valence-electron chi connectivity index (χ0n) is 6.34. The van der Waals surface area contributed by atoms with Crippen molar-refractivity contribution in [1.82, 2.24) is 15.0 Å². The van der Waals surface area contributed by atoms with Gasteiger partial charge in [-0.3, -0.25) is 0 Å². The molecule has 1 N–H and O–H groups in total. The smallest absolute Gasteiger partial charge is 0.317 e. The van der Waals surface area contributed by atoms with Gasteiger partial charge in [0.1, 0.15) is 5.82 Å². The van der Waals surface area contributed by atoms with Crippen molar-refractivity contribution < 1.29 is 5.11 Å². The third kappa shape index (κ3) is 1.80. The van der Waals surface area contributed by atoms with Gasteiger partial charge < -0.3 is 5.11 Å². The molecule has 7 heteroatoms. The minimum Gasteiger partial charge on any atom is -0.479 e. The van der Waals surface area contributed by atoms with Crippen molar-refractivity contribution in [2.45, 2.75) is 13.3 Å². The zero-order chi connectivity index (χ0) is 8.97. The number of aromatic nitrogens is 3. The molecule has 1 aromatic rings. The molecule has 0 saturated heterocycles. The molecule has 0 radical (unpaired) electrons. The summed E-state index contributed by atoms with van der Waals surface area (Å²) in [6.07, 6.45) is 0.546. The highest BCUT2D eigenvalue weighted by Gasteiger charge is 2.00. The monoisotopic (exact) mass is 166 g/mol. The van der Waals surface area contributed by atoms with Crippen LogP contribution in [0.5, 0.6) is 6.01 Å². The van der Waals surface area contributed by atoms with Crippen LogP contribution in [0.1, 0.15) is 12.7 Å². The molecular weight excluding hydrogens is 160 g/mol. The predicted octanol–water partition coefficient (Wildman–Crippen LogP) is 1.08. The van der Waals surface area contributed by atoms with Gasteiger partial charge in [0.05, 0.1) is 0 Å². The number of azide groups is 1. The first-order valence-electron chi connectivity index (χ1n) is 3.25. The van der Waals surface area contributed by atoms with E-state index in [2.05, 4.69) is 25.0 Å². The lowest BCUT2D eigenvalue weighted by molar-refractivity contribution is 0.425. The normalized spacial score (nSPS) is 9.08. The van der Waals surface area contributed by atoms with E-state index in [9.17, 15) is 0 Å². The molecule has 0 fully saturated rings. The maximum Gasteiger partial charge on any atom is 0.317 e. The number of aryl methyl sites for hydroxylation is 1. The summed E-state index contributed by atoms with van der Waals surface area (Å²) in [6, 6.07) is -0.427. The van der Waals surface area contributed by atoms with E-state index < -0.39 is 6.01 Å². The van der Waals surface area contributed by atoms with E-state index in [0.29, 0.717) is 12.2 Å². The highest BCUT2D eigenvalue weighted by Crippen LogP contribution is 2.08. The van der Waals surface area contributed by atoms with Gasteiger partial charge in [0.25, 0.3) is 0 Å². The van der Waals surface area contributed by atoms with Crippen LogP contribution in [0, 0.1) is 0 Å². The van der Waals surface area contributed by atoms with Gasteiger partial charge in [-0.25, -0.2) is 4.98 Å². The lowest BCUT2D eigenvalue weighted by Gasteiger charge is -1.95. The first kappa shape index (κ1) is 8.22. The fourth-order valence-corrected chi connectivity index (χ4v) is 0.638. The van der Waals surface area contributed by atoms with Crippen LogP contribution in [-0.2, 0) is 6.42 Å². The van der Waals surface area contributed by atoms with Crippen LogP contribution in [0.2, 0.25) is 0 Å². The number of rotatable bonds is 2. The Labute approximate surface area is 67.7 Å². The SMILES string of the molecule is CCc1nc(O)nc(N=[N+]=[N-])n1. The molecule has 0 spiro atoms. The van der Waals surface area contributed by atoms with Crippen LogP contribution in [0.15, 0.2) is 5.11 Å². The maximum absolute atomic E-state index is 8.91. The molecule has 1 aromatic heterocycles. The molecule has 1 heterocycles. The molecule has 0 aliphatic carbocycles. The van der Waals surface area contributed by atoms with Gasteiger partial charge in [-0.15, -0.1) is 0 Å². The van der Waals surface area contributed by atoms with Crippen molar-refractivity contribution in [2.75, 3.05) is 0 Å². The number of hydrogen-bond acceptors (Lipinski definition) is 5. The molecule has 0 unspecified atom stereocenters. The van der Waals surface area contributed by atoms with E-state index in [1.54, 1.807) is 0 Å². The molecule has 0 aliphatic rings. The van der Waals surface area contributed by atoms with Crippen LogP contribution in [0.3, 0.4) is 0 Å². The van der Waals surface area contributed by atoms with Gasteiger partial charge in [0.15, 0.2) is 0 Å². The average Bonchev–Trinajstić information content (AvgIpc) is 2.04. The fraction of sp³-hybridized carbons (Fsp3) is 0.400. The van der Waals surface area contributed by atoms with Gasteiger partial charge in [-0.2, -0.15) is 9.97 Å². The number of aromatic hydroxyl groups is 1. The van der Waals surface area contributed by atoms with Gasteiger partial charge in [0.2, 0.25) is 5.95 Å². The molecule has 0 bridgehead atoms. The Balaban J connectivity index is 3.14. The Bertz CT molecular complexity index is 331. The minimum atomic E-state index is -0.427. The molecule has 0 amide bonds. The summed E-state index contributed by atoms with van der Waals surface area (Å²) in [7, 11) is 0. The van der Waals surface area contributed by atoms with Crippen molar-refractivity contribution in [2.24, 2.45) is 5.11 Å². The second-order valence-corrected chi connectivity index (χ2v) is 1.89. The summed E-state index contributed by atoms with van der Waals surface area (Å²) in [5.74, 6) is 0.284. The summed E-state index contributed by atoms with van der Waals surface area (Å²) in [4.78, 5) is 13.2. The molecule has 0 atom stereocenters. The summed E-state index contributed by atoms with van der Waals surface area (Å²) < 4.78 is 0. The summed E-state index contributed by atoms with van der Waals surface area (Å²) in [5.41, 5.74) is 8.05. The lowest BCUT2D eigenvalue weighted by Crippen LogP contribution is -1.94. The molecule has 0 saturated carbocycles. The molecule has 0 aromatic carbocycles. The quantitative estimate of drug-likeness (QED) is 0.402. The highest BCUT2D eigenvalue weighted by atomic mass is 16.3. The summed E-state index contributed by atoms with van der Waals surface area (Å²) in [6.45, 7) is 1.81. The van der Waals surface area contributed by atoms with Crippen molar-refractivity contribution in [3.8, 4) is 6.01 Å². The van der Waals surface area contributed by atoms with Crippen LogP contribution in [0.25, 0.3) is 10.4 Å². The van der Waals surface area contributed by atoms with Crippen molar-refractivity contribution in [1.29, 1.82) is 0 Å². The third-order valence-electron chi connectivity index (χ3n) is 1.11. The van der Waals surface area contributed by atoms with Gasteiger partial charge >= 0.3 is 6.01 Å². The Kier molecular flexibility index (Phi) is 2.39. The van der Waals surface area contributed by atoms with Gasteiger partial charge in [0, 0.05) is 11.3 Å². The first-order valence-corrected chi connectivity index (χ1v) is 3.25. The predicted molar refractivity (Wildman–Crippen MR) is 39.7 cm³/mol. The zero-order valence-corrected chi connectivity index (χ0v) is 6.34. The first-order chi connectivity index (χ1) is 5.76. The van der Waals surface area contributed by atoms with E-state index >= 15 is 0 Å². The largest absolute Gasteiger partial charge is 0.479 e. The number of nitrogens with zero attached hydrogens (tertiary/aromatic N) is 6. The highest BCUT2D eigenvalue weighted by molar-refractivity contribution is 5.16. The third-order valence-corrected chi connectivity index (χ3v) is 1.11. The van der Waals surface area contributed by atoms with E-state index in [0.717, 1.165) is 0 Å². The fourth-order valence-electron chi connectivity index (χ4n) is 0.638. The molecule has 0 aliphatic heterocycles. The molecule has 7 nitrogen and oxygen atoms in total. The van der Waals surface area contributed by atoms with E-state index in [1.165, 1.54) is 0 Å².